The molecular formula is C14H22N2OS. The van der Waals surface area contributed by atoms with Crippen molar-refractivity contribution in [3.63, 3.8) is 0 Å². The van der Waals surface area contributed by atoms with Crippen molar-refractivity contribution < 1.29 is 4.74 Å². The highest BCUT2D eigenvalue weighted by Gasteiger charge is 2.07. The monoisotopic (exact) mass is 266 g/mol. The van der Waals surface area contributed by atoms with E-state index in [9.17, 15) is 0 Å². The summed E-state index contributed by atoms with van der Waals surface area (Å²) in [6, 6.07) is 6.16. The van der Waals surface area contributed by atoms with Crippen molar-refractivity contribution in [2.24, 2.45) is 5.73 Å². The summed E-state index contributed by atoms with van der Waals surface area (Å²) in [5.41, 5.74) is 9.11. The van der Waals surface area contributed by atoms with Crippen molar-refractivity contribution in [1.82, 2.24) is 4.90 Å². The third-order valence-corrected chi connectivity index (χ3v) is 3.32. The van der Waals surface area contributed by atoms with Gasteiger partial charge in [-0.1, -0.05) is 31.3 Å². The minimum atomic E-state index is 0.455. The van der Waals surface area contributed by atoms with Crippen LogP contribution in [0.1, 0.15) is 23.6 Å². The van der Waals surface area contributed by atoms with E-state index < -0.39 is 0 Å². The fourth-order valence-electron chi connectivity index (χ4n) is 1.84. The molecule has 0 amide bonds. The van der Waals surface area contributed by atoms with E-state index in [1.807, 2.05) is 6.07 Å². The van der Waals surface area contributed by atoms with Gasteiger partial charge in [0.25, 0.3) is 0 Å². The summed E-state index contributed by atoms with van der Waals surface area (Å²) in [6.07, 6.45) is 0. The first-order valence-electron chi connectivity index (χ1n) is 6.19. The molecule has 0 aliphatic rings. The summed E-state index contributed by atoms with van der Waals surface area (Å²) in [7, 11) is 1.73. The van der Waals surface area contributed by atoms with Gasteiger partial charge in [-0.05, 0) is 30.7 Å². The molecule has 0 aliphatic carbocycles. The second-order valence-corrected chi connectivity index (χ2v) is 4.81. The summed E-state index contributed by atoms with van der Waals surface area (Å²) in [5, 5.41) is 0. The van der Waals surface area contributed by atoms with E-state index in [0.717, 1.165) is 31.8 Å². The van der Waals surface area contributed by atoms with Gasteiger partial charge in [-0.25, -0.2) is 0 Å². The van der Waals surface area contributed by atoms with Gasteiger partial charge in [-0.15, -0.1) is 0 Å². The van der Waals surface area contributed by atoms with Crippen LogP contribution < -0.4 is 5.73 Å². The average Bonchev–Trinajstić information content (AvgIpc) is 2.35. The lowest BCUT2D eigenvalue weighted by atomic mass is 10.0. The van der Waals surface area contributed by atoms with Crippen molar-refractivity contribution in [2.75, 3.05) is 26.8 Å². The zero-order valence-corrected chi connectivity index (χ0v) is 12.2. The maximum absolute atomic E-state index is 5.63. The van der Waals surface area contributed by atoms with Crippen LogP contribution in [-0.4, -0.2) is 36.7 Å². The van der Waals surface area contributed by atoms with Gasteiger partial charge in [0, 0.05) is 25.8 Å². The highest BCUT2D eigenvalue weighted by atomic mass is 32.1. The van der Waals surface area contributed by atoms with Crippen LogP contribution in [0.5, 0.6) is 0 Å². The van der Waals surface area contributed by atoms with E-state index in [1.54, 1.807) is 7.11 Å². The van der Waals surface area contributed by atoms with E-state index in [1.165, 1.54) is 11.1 Å². The van der Waals surface area contributed by atoms with Crippen LogP contribution in [0.3, 0.4) is 0 Å². The first-order valence-corrected chi connectivity index (χ1v) is 6.60. The highest BCUT2D eigenvalue weighted by molar-refractivity contribution is 7.80. The lowest BCUT2D eigenvalue weighted by Crippen LogP contribution is -2.27. The Morgan fingerprint density at radius 1 is 1.44 bits per heavy atom. The summed E-state index contributed by atoms with van der Waals surface area (Å²) in [6.45, 7) is 7.92. The predicted octanol–water partition coefficient (Wildman–Crippen LogP) is 2.10. The molecule has 1 aromatic carbocycles. The Labute approximate surface area is 115 Å². The second kappa shape index (κ2) is 7.46. The van der Waals surface area contributed by atoms with Gasteiger partial charge in [0.05, 0.1) is 6.61 Å². The van der Waals surface area contributed by atoms with Gasteiger partial charge in [-0.3, -0.25) is 4.90 Å². The van der Waals surface area contributed by atoms with Crippen LogP contribution in [0.2, 0.25) is 0 Å². The molecule has 0 heterocycles. The van der Waals surface area contributed by atoms with E-state index in [-0.39, 0.29) is 0 Å². The number of thiocarbonyl (C=S) groups is 1. The van der Waals surface area contributed by atoms with Gasteiger partial charge in [0.15, 0.2) is 0 Å². The standard InChI is InChI=1S/C14H22N2OS/c1-4-16(7-8-17-3)10-13-6-5-12(14(15)18)9-11(13)2/h5-6,9H,4,7-8,10H2,1-3H3,(H2,15,18). The lowest BCUT2D eigenvalue weighted by molar-refractivity contribution is 0.147. The molecule has 100 valence electrons. The molecule has 0 spiro atoms. The predicted molar refractivity (Wildman–Crippen MR) is 79.9 cm³/mol. The van der Waals surface area contributed by atoms with Crippen LogP contribution in [0.15, 0.2) is 18.2 Å². The zero-order chi connectivity index (χ0) is 13.5. The quantitative estimate of drug-likeness (QED) is 0.767. The first-order chi connectivity index (χ1) is 8.58. The summed E-state index contributed by atoms with van der Waals surface area (Å²) >= 11 is 4.98. The number of nitrogens with zero attached hydrogens (tertiary/aromatic N) is 1. The third kappa shape index (κ3) is 4.37. The van der Waals surface area contributed by atoms with Gasteiger partial charge in [0.1, 0.15) is 4.99 Å². The molecule has 0 saturated carbocycles. The van der Waals surface area contributed by atoms with Crippen LogP contribution in [0.4, 0.5) is 0 Å². The number of aryl methyl sites for hydroxylation is 1. The number of hydrogen-bond donors (Lipinski definition) is 1. The van der Waals surface area contributed by atoms with Gasteiger partial charge >= 0.3 is 0 Å². The molecule has 0 bridgehead atoms. The van der Waals surface area contributed by atoms with E-state index >= 15 is 0 Å². The molecule has 3 nitrogen and oxygen atoms in total. The van der Waals surface area contributed by atoms with Crippen LogP contribution in [0.25, 0.3) is 0 Å². The Hall–Kier alpha value is -0.970. The van der Waals surface area contributed by atoms with Gasteiger partial charge in [-0.2, -0.15) is 0 Å². The first kappa shape index (κ1) is 15.1. The minimum Gasteiger partial charge on any atom is -0.389 e. The Balaban J connectivity index is 2.74. The molecule has 18 heavy (non-hydrogen) atoms. The molecule has 0 fully saturated rings. The normalized spacial score (nSPS) is 10.9. The molecule has 0 atom stereocenters. The Morgan fingerprint density at radius 2 is 2.17 bits per heavy atom. The molecule has 0 aromatic heterocycles. The van der Waals surface area contributed by atoms with E-state index in [0.29, 0.717) is 4.99 Å². The van der Waals surface area contributed by atoms with Gasteiger partial charge in [0.2, 0.25) is 0 Å². The van der Waals surface area contributed by atoms with Crippen LogP contribution >= 0.6 is 12.2 Å². The molecular weight excluding hydrogens is 244 g/mol. The van der Waals surface area contributed by atoms with Gasteiger partial charge < -0.3 is 10.5 Å². The maximum atomic E-state index is 5.63. The number of benzene rings is 1. The average molecular weight is 266 g/mol. The number of likely N-dealkylation sites (N-methyl/N-ethyl adjacent to an activating group) is 1. The molecule has 1 aromatic rings. The summed E-state index contributed by atoms with van der Waals surface area (Å²) in [5.74, 6) is 0. The van der Waals surface area contributed by atoms with Crippen molar-refractivity contribution in [3.8, 4) is 0 Å². The third-order valence-electron chi connectivity index (χ3n) is 3.08. The topological polar surface area (TPSA) is 38.5 Å². The number of hydrogen-bond acceptors (Lipinski definition) is 3. The lowest BCUT2D eigenvalue weighted by Gasteiger charge is -2.21. The molecule has 0 radical (unpaired) electrons. The molecule has 4 heteroatoms. The van der Waals surface area contributed by atoms with E-state index in [4.69, 9.17) is 22.7 Å². The largest absolute Gasteiger partial charge is 0.389 e. The van der Waals surface area contributed by atoms with Crippen molar-refractivity contribution in [1.29, 1.82) is 0 Å². The number of nitrogens with two attached hydrogens (primary N) is 1. The SMILES string of the molecule is CCN(CCOC)Cc1ccc(C(N)=S)cc1C. The summed E-state index contributed by atoms with van der Waals surface area (Å²) in [4.78, 5) is 2.81. The smallest absolute Gasteiger partial charge is 0.103 e. The molecule has 0 aliphatic heterocycles. The van der Waals surface area contributed by atoms with Crippen LogP contribution in [0, 0.1) is 6.92 Å². The Kier molecular flexibility index (Phi) is 6.25. The Morgan fingerprint density at radius 3 is 2.67 bits per heavy atom. The molecule has 1 rings (SSSR count). The number of methoxy groups -OCH3 is 1. The fraction of sp³-hybridized carbons (Fsp3) is 0.500. The minimum absolute atomic E-state index is 0.455. The van der Waals surface area contributed by atoms with Crippen molar-refractivity contribution in [3.05, 3.63) is 34.9 Å². The molecule has 2 N–H and O–H groups in total. The van der Waals surface area contributed by atoms with Crippen molar-refractivity contribution in [2.45, 2.75) is 20.4 Å². The Bertz CT molecular complexity index is 407. The summed E-state index contributed by atoms with van der Waals surface area (Å²) < 4.78 is 5.12. The molecule has 0 unspecified atom stereocenters. The van der Waals surface area contributed by atoms with E-state index in [2.05, 4.69) is 30.9 Å². The number of rotatable bonds is 7. The molecule has 0 saturated heterocycles. The highest BCUT2D eigenvalue weighted by Crippen LogP contribution is 2.13. The van der Waals surface area contributed by atoms with Crippen molar-refractivity contribution >= 4 is 17.2 Å². The second-order valence-electron chi connectivity index (χ2n) is 4.37. The number of ether oxygens (including phenoxy) is 1. The fourth-order valence-corrected chi connectivity index (χ4v) is 1.96. The van der Waals surface area contributed by atoms with Crippen LogP contribution in [-0.2, 0) is 11.3 Å². The zero-order valence-electron chi connectivity index (χ0n) is 11.4. The maximum Gasteiger partial charge on any atom is 0.103 e.